The van der Waals surface area contributed by atoms with Crippen molar-refractivity contribution in [1.29, 1.82) is 0 Å². The number of likely N-dealkylation sites (N-methyl/N-ethyl adjacent to an activating group) is 2. The van der Waals surface area contributed by atoms with Crippen LogP contribution in [0.5, 0.6) is 0 Å². The van der Waals surface area contributed by atoms with Crippen LogP contribution in [0.1, 0.15) is 36.4 Å². The highest BCUT2D eigenvalue weighted by Crippen LogP contribution is 2.21. The highest BCUT2D eigenvalue weighted by Gasteiger charge is 2.26. The van der Waals surface area contributed by atoms with E-state index < -0.39 is 0 Å². The summed E-state index contributed by atoms with van der Waals surface area (Å²) in [5.74, 6) is 0.276. The summed E-state index contributed by atoms with van der Waals surface area (Å²) in [5.41, 5.74) is 2.18. The summed E-state index contributed by atoms with van der Waals surface area (Å²) >= 11 is 0. The Morgan fingerprint density at radius 1 is 1.17 bits per heavy atom. The van der Waals surface area contributed by atoms with Crippen molar-refractivity contribution in [2.24, 2.45) is 0 Å². The molecule has 1 atom stereocenters. The Morgan fingerprint density at radius 3 is 2.42 bits per heavy atom. The van der Waals surface area contributed by atoms with Crippen LogP contribution in [0.2, 0.25) is 0 Å². The Kier molecular flexibility index (Phi) is 6.37. The first-order chi connectivity index (χ1) is 11.4. The smallest absolute Gasteiger partial charge is 0.244 e. The lowest BCUT2D eigenvalue weighted by Gasteiger charge is -2.32. The summed E-state index contributed by atoms with van der Waals surface area (Å²) in [6.45, 7) is 4.05. The monoisotopic (exact) mass is 331 g/mol. The number of hydrogen-bond acceptors (Lipinski definition) is 3. The molecule has 1 heterocycles. The summed E-state index contributed by atoms with van der Waals surface area (Å²) in [6.07, 6.45) is 2.69. The van der Waals surface area contributed by atoms with Gasteiger partial charge in [-0.15, -0.1) is 0 Å². The van der Waals surface area contributed by atoms with Gasteiger partial charge in [-0.05, 0) is 39.4 Å². The molecule has 1 saturated heterocycles. The van der Waals surface area contributed by atoms with Crippen LogP contribution >= 0.6 is 0 Å². The average molecular weight is 331 g/mol. The van der Waals surface area contributed by atoms with Crippen molar-refractivity contribution in [1.82, 2.24) is 14.7 Å². The molecule has 2 rings (SSSR count). The van der Waals surface area contributed by atoms with E-state index in [1.165, 1.54) is 5.56 Å². The number of amides is 2. The Balaban J connectivity index is 2.00. The molecular weight excluding hydrogens is 302 g/mol. The van der Waals surface area contributed by atoms with Crippen molar-refractivity contribution in [3.05, 3.63) is 35.4 Å². The molecule has 0 spiro atoms. The number of rotatable bonds is 6. The van der Waals surface area contributed by atoms with E-state index in [2.05, 4.69) is 0 Å². The highest BCUT2D eigenvalue weighted by atomic mass is 16.2. The summed E-state index contributed by atoms with van der Waals surface area (Å²) in [7, 11) is 5.66. The number of benzene rings is 1. The van der Waals surface area contributed by atoms with E-state index in [4.69, 9.17) is 0 Å². The molecule has 0 aliphatic carbocycles. The van der Waals surface area contributed by atoms with Crippen molar-refractivity contribution in [3.63, 3.8) is 0 Å². The minimum atomic E-state index is -0.298. The van der Waals surface area contributed by atoms with Crippen LogP contribution in [0, 0.1) is 6.92 Å². The molecule has 1 aromatic rings. The molecule has 1 aliphatic rings. The zero-order valence-corrected chi connectivity index (χ0v) is 15.3. The third-order valence-electron chi connectivity index (χ3n) is 4.65. The summed E-state index contributed by atoms with van der Waals surface area (Å²) < 4.78 is 0. The van der Waals surface area contributed by atoms with E-state index in [-0.39, 0.29) is 17.9 Å². The molecule has 1 aliphatic heterocycles. The van der Waals surface area contributed by atoms with Crippen LogP contribution in [-0.4, -0.2) is 67.3 Å². The van der Waals surface area contributed by atoms with E-state index >= 15 is 0 Å². The normalized spacial score (nSPS) is 16.4. The van der Waals surface area contributed by atoms with Gasteiger partial charge in [-0.2, -0.15) is 0 Å². The van der Waals surface area contributed by atoms with Gasteiger partial charge in [0.1, 0.15) is 6.04 Å². The van der Waals surface area contributed by atoms with Crippen molar-refractivity contribution in [2.75, 3.05) is 40.8 Å². The lowest BCUT2D eigenvalue weighted by atomic mass is 10.0. The largest absolute Gasteiger partial charge is 0.342 e. The minimum absolute atomic E-state index is 0.0633. The number of likely N-dealkylation sites (tertiary alicyclic amines) is 1. The zero-order chi connectivity index (χ0) is 17.7. The van der Waals surface area contributed by atoms with Gasteiger partial charge in [0.15, 0.2) is 0 Å². The Bertz CT molecular complexity index is 568. The Hall–Kier alpha value is -1.88. The summed E-state index contributed by atoms with van der Waals surface area (Å²) in [5, 5.41) is 0. The van der Waals surface area contributed by atoms with Gasteiger partial charge in [-0.25, -0.2) is 0 Å². The topological polar surface area (TPSA) is 43.9 Å². The number of carbonyl (C=O) groups excluding carboxylic acids is 2. The molecule has 0 aromatic heterocycles. The van der Waals surface area contributed by atoms with Gasteiger partial charge in [0.05, 0.1) is 0 Å². The molecule has 1 fully saturated rings. The quantitative estimate of drug-likeness (QED) is 0.801. The van der Waals surface area contributed by atoms with Crippen LogP contribution < -0.4 is 0 Å². The molecule has 132 valence electrons. The first-order valence-corrected chi connectivity index (χ1v) is 8.66. The second kappa shape index (κ2) is 8.29. The van der Waals surface area contributed by atoms with Gasteiger partial charge in [0.2, 0.25) is 11.8 Å². The summed E-state index contributed by atoms with van der Waals surface area (Å²) in [4.78, 5) is 30.4. The molecule has 2 amide bonds. The van der Waals surface area contributed by atoms with Crippen molar-refractivity contribution >= 4 is 11.8 Å². The van der Waals surface area contributed by atoms with E-state index in [0.717, 1.165) is 24.9 Å². The fourth-order valence-corrected chi connectivity index (χ4v) is 3.10. The average Bonchev–Trinajstić information content (AvgIpc) is 2.55. The first kappa shape index (κ1) is 18.5. The highest BCUT2D eigenvalue weighted by molar-refractivity contribution is 5.83. The Labute approximate surface area is 145 Å². The predicted octanol–water partition coefficient (Wildman–Crippen LogP) is 2.07. The van der Waals surface area contributed by atoms with Gasteiger partial charge in [-0.1, -0.05) is 29.8 Å². The van der Waals surface area contributed by atoms with E-state index in [0.29, 0.717) is 19.5 Å². The second-order valence-corrected chi connectivity index (χ2v) is 6.87. The Morgan fingerprint density at radius 2 is 1.83 bits per heavy atom. The van der Waals surface area contributed by atoms with Gasteiger partial charge < -0.3 is 9.80 Å². The third-order valence-corrected chi connectivity index (χ3v) is 4.65. The number of nitrogens with zero attached hydrogens (tertiary/aromatic N) is 3. The fourth-order valence-electron chi connectivity index (χ4n) is 3.10. The molecular formula is C19H29N3O2. The number of hydrogen-bond donors (Lipinski definition) is 0. The van der Waals surface area contributed by atoms with Gasteiger partial charge in [-0.3, -0.25) is 14.5 Å². The minimum Gasteiger partial charge on any atom is -0.342 e. The predicted molar refractivity (Wildman–Crippen MR) is 95.7 cm³/mol. The molecule has 5 nitrogen and oxygen atoms in total. The maximum absolute atomic E-state index is 12.9. The standard InChI is InChI=1S/C19H29N3O2/c1-15-8-10-16(11-9-15)18(20(2)3)19(24)21(4)13-14-22-12-6-5-7-17(22)23/h8-11,18H,5-7,12-14H2,1-4H3. The van der Waals surface area contributed by atoms with Gasteiger partial charge >= 0.3 is 0 Å². The van der Waals surface area contributed by atoms with E-state index in [1.807, 2.05) is 62.1 Å². The molecule has 0 radical (unpaired) electrons. The molecule has 1 aromatic carbocycles. The molecule has 5 heteroatoms. The number of aryl methyl sites for hydroxylation is 1. The fraction of sp³-hybridized carbons (Fsp3) is 0.579. The van der Waals surface area contributed by atoms with Crippen LogP contribution in [0.25, 0.3) is 0 Å². The van der Waals surface area contributed by atoms with Gasteiger partial charge in [0.25, 0.3) is 0 Å². The third kappa shape index (κ3) is 4.57. The van der Waals surface area contributed by atoms with Crippen molar-refractivity contribution in [2.45, 2.75) is 32.2 Å². The van der Waals surface area contributed by atoms with Crippen LogP contribution in [0.15, 0.2) is 24.3 Å². The maximum atomic E-state index is 12.9. The number of carbonyl (C=O) groups is 2. The maximum Gasteiger partial charge on any atom is 0.244 e. The zero-order valence-electron chi connectivity index (χ0n) is 15.3. The van der Waals surface area contributed by atoms with E-state index in [1.54, 1.807) is 4.90 Å². The van der Waals surface area contributed by atoms with Crippen LogP contribution in [0.4, 0.5) is 0 Å². The van der Waals surface area contributed by atoms with Gasteiger partial charge in [0, 0.05) is 33.1 Å². The molecule has 24 heavy (non-hydrogen) atoms. The molecule has 0 bridgehead atoms. The molecule has 0 saturated carbocycles. The van der Waals surface area contributed by atoms with Crippen LogP contribution in [0.3, 0.4) is 0 Å². The molecule has 0 N–H and O–H groups in total. The van der Waals surface area contributed by atoms with E-state index in [9.17, 15) is 9.59 Å². The SMILES string of the molecule is Cc1ccc(C(C(=O)N(C)CCN2CCCCC2=O)N(C)C)cc1. The lowest BCUT2D eigenvalue weighted by molar-refractivity contribution is -0.138. The first-order valence-electron chi connectivity index (χ1n) is 8.66. The summed E-state index contributed by atoms with van der Waals surface area (Å²) in [6, 6.07) is 7.80. The lowest BCUT2D eigenvalue weighted by Crippen LogP contribution is -2.44. The van der Waals surface area contributed by atoms with Crippen LogP contribution in [-0.2, 0) is 9.59 Å². The van der Waals surface area contributed by atoms with Crippen molar-refractivity contribution in [3.8, 4) is 0 Å². The molecule has 1 unspecified atom stereocenters. The number of piperidine rings is 1. The van der Waals surface area contributed by atoms with Crippen molar-refractivity contribution < 1.29 is 9.59 Å². The second-order valence-electron chi connectivity index (χ2n) is 6.87.